The predicted octanol–water partition coefficient (Wildman–Crippen LogP) is 6.15. The molecule has 2 atom stereocenters. The maximum Gasteiger partial charge on any atom is 0.276 e. The number of aliphatic hydroxyl groups is 1. The first-order chi connectivity index (χ1) is 35.3. The molecule has 0 spiro atoms. The van der Waals surface area contributed by atoms with Gasteiger partial charge in [-0.05, 0) is 95.0 Å². The van der Waals surface area contributed by atoms with Gasteiger partial charge in [-0.3, -0.25) is 29.5 Å². The lowest BCUT2D eigenvalue weighted by Gasteiger charge is -2.37. The summed E-state index contributed by atoms with van der Waals surface area (Å²) in [6.45, 7) is 19.9. The molecule has 0 radical (unpaired) electrons. The van der Waals surface area contributed by atoms with Gasteiger partial charge in [0.2, 0.25) is 0 Å². The van der Waals surface area contributed by atoms with Gasteiger partial charge in [0.05, 0.1) is 34.2 Å². The highest BCUT2D eigenvalue weighted by Gasteiger charge is 2.37. The fourth-order valence-electron chi connectivity index (χ4n) is 9.98. The van der Waals surface area contributed by atoms with E-state index in [2.05, 4.69) is 62.0 Å². The maximum atomic E-state index is 13.2. The van der Waals surface area contributed by atoms with Crippen molar-refractivity contribution in [3.8, 4) is 11.5 Å². The number of aliphatic hydroxyl groups excluding tert-OH is 1. The van der Waals surface area contributed by atoms with E-state index in [-0.39, 0.29) is 48.5 Å². The van der Waals surface area contributed by atoms with Crippen LogP contribution in [0.4, 0.5) is 34.1 Å². The summed E-state index contributed by atoms with van der Waals surface area (Å²) in [6, 6.07) is 26.8. The fraction of sp³-hybridized carbons (Fsp3) is 0.481. The average Bonchev–Trinajstić information content (AvgIpc) is 4.22. The molecule has 0 aromatic heterocycles. The molecule has 2 amide bonds. The molecule has 0 saturated carbocycles. The van der Waals surface area contributed by atoms with Crippen LogP contribution < -0.4 is 34.8 Å². The Morgan fingerprint density at radius 3 is 1.52 bits per heavy atom. The van der Waals surface area contributed by atoms with Crippen LogP contribution in [0, 0.1) is 10.1 Å². The number of benzene rings is 4. The number of nitro benzene ring substituents is 1. The van der Waals surface area contributed by atoms with Crippen molar-refractivity contribution in [2.24, 2.45) is 10.3 Å². The molecule has 2 fully saturated rings. The molecule has 390 valence electrons. The molecule has 4 aromatic rings. The Morgan fingerprint density at radius 1 is 0.658 bits per heavy atom. The molecular weight excluding hydrogens is 933 g/mol. The fourth-order valence-corrected chi connectivity index (χ4v) is 9.98. The van der Waals surface area contributed by atoms with Crippen LogP contribution in [0.25, 0.3) is 0 Å². The summed E-state index contributed by atoms with van der Waals surface area (Å²) in [4.78, 5) is 61.1. The minimum absolute atomic E-state index is 0.0199. The van der Waals surface area contributed by atoms with Gasteiger partial charge >= 0.3 is 0 Å². The number of carbonyl (C=O) groups excluding carboxylic acids is 2. The maximum absolute atomic E-state index is 13.2. The lowest BCUT2D eigenvalue weighted by molar-refractivity contribution is -0.384. The first-order valence-corrected chi connectivity index (χ1v) is 25.6. The zero-order valence-electron chi connectivity index (χ0n) is 42.7. The van der Waals surface area contributed by atoms with Crippen molar-refractivity contribution < 1.29 is 38.8 Å². The number of ether oxygens (including phenoxy) is 2. The van der Waals surface area contributed by atoms with Gasteiger partial charge < -0.3 is 49.6 Å². The Kier molecular flexibility index (Phi) is 17.3. The van der Waals surface area contributed by atoms with Crippen molar-refractivity contribution in [2.45, 2.75) is 84.7 Å². The predicted molar refractivity (Wildman–Crippen MR) is 284 cm³/mol. The molecule has 4 aromatic carbocycles. The third-order valence-corrected chi connectivity index (χ3v) is 13.4. The van der Waals surface area contributed by atoms with Crippen LogP contribution >= 0.6 is 0 Å². The van der Waals surface area contributed by atoms with Gasteiger partial charge in [-0.15, -0.1) is 0 Å². The third kappa shape index (κ3) is 13.0. The summed E-state index contributed by atoms with van der Waals surface area (Å²) >= 11 is 0. The van der Waals surface area contributed by atoms with Crippen molar-refractivity contribution in [3.63, 3.8) is 0 Å². The van der Waals surface area contributed by atoms with E-state index in [4.69, 9.17) is 30.0 Å². The summed E-state index contributed by atoms with van der Waals surface area (Å²) in [6.07, 6.45) is 2.48. The number of para-hydroxylation sites is 4. The van der Waals surface area contributed by atoms with Crippen molar-refractivity contribution in [3.05, 3.63) is 106 Å². The largest absolute Gasteiger partial charge is 0.489 e. The van der Waals surface area contributed by atoms with E-state index in [1.807, 2.05) is 62.4 Å². The standard InChI is InChI=1S/C26H31N5O5.C26H33N5O3.C2H6O/c1-18(2)35-25-6-4-3-5-23(25)29-13-11-28(12-14-29)17-21-16-22(27-36-21)26(32)30-10-9-19-7-8-20(31(33)34)15-24(19)30;1-18(2)33-25-6-4-3-5-23(25)30-13-11-29(12-14-30)17-21-16-22(28-34-21)26(32)31-10-9-19-7-8-20(27)15-24(19)31;1-2-3/h3-8,15,18,21H,9-14,16-17H2,1-2H3;3-8,15,18,21H,9-14,16-17,27H2,1-2H3;3H,2H2,1H3. The number of nitrogens with two attached hydrogens (primary N) is 1. The number of hydrogen-bond acceptors (Lipinski definition) is 16. The first-order valence-electron chi connectivity index (χ1n) is 25.6. The van der Waals surface area contributed by atoms with Crippen LogP contribution in [-0.2, 0) is 32.1 Å². The van der Waals surface area contributed by atoms with E-state index in [1.54, 1.807) is 22.8 Å². The molecule has 6 aliphatic rings. The monoisotopic (exact) mass is 1000 g/mol. The minimum atomic E-state index is -0.441. The number of non-ortho nitro benzene ring substituents is 1. The van der Waals surface area contributed by atoms with Crippen LogP contribution in [0.5, 0.6) is 11.5 Å². The third-order valence-electron chi connectivity index (χ3n) is 13.4. The number of fused-ring (bicyclic) bond motifs is 2. The second-order valence-electron chi connectivity index (χ2n) is 19.5. The number of nitrogen functional groups attached to an aromatic ring is 1. The molecule has 6 aliphatic heterocycles. The zero-order valence-corrected chi connectivity index (χ0v) is 42.7. The van der Waals surface area contributed by atoms with E-state index in [0.29, 0.717) is 61.7 Å². The molecule has 0 aliphatic carbocycles. The van der Waals surface area contributed by atoms with Crippen LogP contribution in [0.1, 0.15) is 58.6 Å². The number of amides is 2. The molecule has 73 heavy (non-hydrogen) atoms. The summed E-state index contributed by atoms with van der Waals surface area (Å²) in [7, 11) is 0. The van der Waals surface area contributed by atoms with Crippen molar-refractivity contribution >= 4 is 57.4 Å². The Hall–Kier alpha value is -6.96. The first kappa shape index (κ1) is 52.4. The highest BCUT2D eigenvalue weighted by atomic mass is 16.6. The number of oxime groups is 2. The van der Waals surface area contributed by atoms with E-state index in [0.717, 1.165) is 105 Å². The number of anilines is 5. The van der Waals surface area contributed by atoms with Crippen LogP contribution in [0.15, 0.2) is 95.2 Å². The van der Waals surface area contributed by atoms with Crippen LogP contribution in [0.3, 0.4) is 0 Å². The number of carbonyl (C=O) groups is 2. The molecule has 3 N–H and O–H groups in total. The lowest BCUT2D eigenvalue weighted by Crippen LogP contribution is -2.48. The van der Waals surface area contributed by atoms with E-state index in [1.165, 1.54) is 12.1 Å². The number of nitro groups is 1. The molecule has 19 heteroatoms. The van der Waals surface area contributed by atoms with E-state index >= 15 is 0 Å². The average molecular weight is 1000 g/mol. The molecule has 2 saturated heterocycles. The summed E-state index contributed by atoms with van der Waals surface area (Å²) in [5.41, 5.74) is 13.3. The summed E-state index contributed by atoms with van der Waals surface area (Å²) in [5.74, 6) is 1.54. The molecular formula is C54H70N10O9. The topological polar surface area (TPSA) is 205 Å². The van der Waals surface area contributed by atoms with Gasteiger partial charge in [-0.1, -0.05) is 46.7 Å². The normalized spacial score (nSPS) is 19.5. The Morgan fingerprint density at radius 2 is 1.08 bits per heavy atom. The highest BCUT2D eigenvalue weighted by molar-refractivity contribution is 6.44. The second-order valence-corrected chi connectivity index (χ2v) is 19.5. The highest BCUT2D eigenvalue weighted by Crippen LogP contribution is 2.35. The Labute approximate surface area is 427 Å². The number of rotatable bonds is 13. The minimum Gasteiger partial charge on any atom is -0.489 e. The van der Waals surface area contributed by atoms with Gasteiger partial charge in [-0.2, -0.15) is 0 Å². The van der Waals surface area contributed by atoms with Crippen molar-refractivity contribution in [1.82, 2.24) is 9.80 Å². The quantitative estimate of drug-likeness (QED) is 0.0877. The summed E-state index contributed by atoms with van der Waals surface area (Å²) < 4.78 is 12.0. The lowest BCUT2D eigenvalue weighted by atomic mass is 10.1. The molecule has 0 bridgehead atoms. The van der Waals surface area contributed by atoms with Gasteiger partial charge in [0.25, 0.3) is 17.5 Å². The van der Waals surface area contributed by atoms with Crippen molar-refractivity contribution in [1.29, 1.82) is 0 Å². The Balaban J connectivity index is 0.000000185. The van der Waals surface area contributed by atoms with E-state index in [9.17, 15) is 19.7 Å². The van der Waals surface area contributed by atoms with Crippen molar-refractivity contribution in [2.75, 3.05) is 110 Å². The van der Waals surface area contributed by atoms with Crippen LogP contribution in [0.2, 0.25) is 0 Å². The second kappa shape index (κ2) is 24.2. The smallest absolute Gasteiger partial charge is 0.276 e. The SMILES string of the molecule is CC(C)Oc1ccccc1N1CCN(CC2CC(C(=O)N3CCc4ccc(N)cc43)=NO2)CC1.CC(C)Oc1ccccc1N1CCN(CC2CC(C(=O)N3CCc4ccc([N+](=O)[O-])cc43)=NO2)CC1.CCO. The molecule has 2 unspecified atom stereocenters. The molecule has 6 heterocycles. The molecule has 19 nitrogen and oxygen atoms in total. The van der Waals surface area contributed by atoms with Gasteiger partial charge in [0.15, 0.2) is 0 Å². The number of hydrogen-bond donors (Lipinski definition) is 2. The van der Waals surface area contributed by atoms with Crippen LogP contribution in [-0.4, -0.2) is 153 Å². The van der Waals surface area contributed by atoms with Gasteiger partial charge in [-0.25, -0.2) is 0 Å². The van der Waals surface area contributed by atoms with Gasteiger partial charge in [0.1, 0.15) is 35.1 Å². The number of nitrogens with zero attached hydrogens (tertiary/aromatic N) is 9. The van der Waals surface area contributed by atoms with E-state index < -0.39 is 4.92 Å². The molecule has 10 rings (SSSR count). The summed E-state index contributed by atoms with van der Waals surface area (Å²) in [5, 5.41) is 27.0. The van der Waals surface area contributed by atoms with Gasteiger partial charge in [0, 0.05) is 121 Å². The number of piperazine rings is 2. The Bertz CT molecular complexity index is 2630. The zero-order chi connectivity index (χ0) is 51.6.